The van der Waals surface area contributed by atoms with Crippen LogP contribution in [0.5, 0.6) is 5.75 Å². The van der Waals surface area contributed by atoms with E-state index in [1.165, 1.54) is 4.90 Å². The fourth-order valence-corrected chi connectivity index (χ4v) is 4.49. The monoisotopic (exact) mass is 512 g/mol. The highest BCUT2D eigenvalue weighted by atomic mass is 79.9. The Labute approximate surface area is 197 Å². The van der Waals surface area contributed by atoms with Crippen LogP contribution in [0.2, 0.25) is 0 Å². The van der Waals surface area contributed by atoms with E-state index in [1.54, 1.807) is 48.8 Å². The molecule has 0 saturated heterocycles. The van der Waals surface area contributed by atoms with Crippen molar-refractivity contribution in [2.24, 2.45) is 0 Å². The molecule has 7 nitrogen and oxygen atoms in total. The number of carbonyl (C=O) groups is 2. The Balaban J connectivity index is 1.38. The summed E-state index contributed by atoms with van der Waals surface area (Å²) in [5.74, 6) is -0.348. The first kappa shape index (κ1) is 22.0. The number of phenolic OH excluding ortho intramolecular Hbond substituents is 1. The lowest BCUT2D eigenvalue weighted by molar-refractivity contribution is -0.134. The summed E-state index contributed by atoms with van der Waals surface area (Å²) in [6, 6.07) is 14.6. The number of nitrogens with zero attached hydrogens (tertiary/aromatic N) is 3. The van der Waals surface area contributed by atoms with Crippen molar-refractivity contribution in [2.45, 2.75) is 13.0 Å². The van der Waals surface area contributed by atoms with E-state index < -0.39 is 0 Å². The van der Waals surface area contributed by atoms with Gasteiger partial charge in [0.15, 0.2) is 4.96 Å². The van der Waals surface area contributed by atoms with Gasteiger partial charge in [0.05, 0.1) is 37.1 Å². The van der Waals surface area contributed by atoms with Gasteiger partial charge in [-0.15, -0.1) is 11.3 Å². The fraction of sp³-hybridized carbons (Fsp3) is 0.174. The predicted molar refractivity (Wildman–Crippen MR) is 127 cm³/mol. The molecule has 0 aliphatic rings. The SMILES string of the molecule is CN(CC(=O)NCc1cnc2scc(-c3ccc(Br)cc3)n12)C(=O)Cc1cccc(O)c1. The van der Waals surface area contributed by atoms with Crippen molar-refractivity contribution in [3.05, 3.63) is 75.8 Å². The maximum atomic E-state index is 12.4. The van der Waals surface area contributed by atoms with Crippen LogP contribution in [0.15, 0.2) is 64.6 Å². The summed E-state index contributed by atoms with van der Waals surface area (Å²) in [4.78, 5) is 31.5. The van der Waals surface area contributed by atoms with Crippen molar-refractivity contribution in [1.82, 2.24) is 19.6 Å². The molecule has 0 unspecified atom stereocenters. The van der Waals surface area contributed by atoms with Gasteiger partial charge in [0.1, 0.15) is 5.75 Å². The van der Waals surface area contributed by atoms with Crippen molar-refractivity contribution in [1.29, 1.82) is 0 Å². The number of aromatic hydroxyl groups is 1. The van der Waals surface area contributed by atoms with Gasteiger partial charge in [-0.05, 0) is 35.4 Å². The lowest BCUT2D eigenvalue weighted by atomic mass is 10.1. The average Bonchev–Trinajstić information content (AvgIpc) is 3.35. The molecule has 2 aromatic heterocycles. The van der Waals surface area contributed by atoms with Crippen LogP contribution < -0.4 is 5.32 Å². The van der Waals surface area contributed by atoms with E-state index in [1.807, 2.05) is 34.0 Å². The zero-order valence-corrected chi connectivity index (χ0v) is 19.7. The molecule has 0 aliphatic carbocycles. The highest BCUT2D eigenvalue weighted by Crippen LogP contribution is 2.28. The molecule has 2 N–H and O–H groups in total. The van der Waals surface area contributed by atoms with Crippen molar-refractivity contribution in [3.8, 4) is 17.0 Å². The summed E-state index contributed by atoms with van der Waals surface area (Å²) in [5.41, 5.74) is 3.63. The summed E-state index contributed by atoms with van der Waals surface area (Å²) in [5, 5.41) is 14.5. The van der Waals surface area contributed by atoms with Crippen LogP contribution in [0.1, 0.15) is 11.3 Å². The zero-order valence-electron chi connectivity index (χ0n) is 17.3. The van der Waals surface area contributed by atoms with E-state index >= 15 is 0 Å². The standard InChI is InChI=1S/C23H21BrN4O3S/c1-27(22(31)10-15-3-2-4-19(29)9-15)13-21(30)25-11-18-12-26-23-28(18)20(14-32-23)16-5-7-17(24)8-6-16/h2-9,12,14,29H,10-11,13H2,1H3,(H,25,30). The Kier molecular flexibility index (Phi) is 6.57. The van der Waals surface area contributed by atoms with Gasteiger partial charge in [0.25, 0.3) is 0 Å². The third kappa shape index (κ3) is 5.00. The van der Waals surface area contributed by atoms with Crippen molar-refractivity contribution >= 4 is 44.0 Å². The molecule has 9 heteroatoms. The Morgan fingerprint density at radius 3 is 2.75 bits per heavy atom. The Morgan fingerprint density at radius 2 is 2.00 bits per heavy atom. The predicted octanol–water partition coefficient (Wildman–Crippen LogP) is 3.85. The number of rotatable bonds is 7. The highest BCUT2D eigenvalue weighted by molar-refractivity contribution is 9.10. The number of aromatic nitrogens is 2. The number of likely N-dealkylation sites (N-methyl/N-ethyl adjacent to an activating group) is 1. The van der Waals surface area contributed by atoms with E-state index in [4.69, 9.17) is 0 Å². The number of phenols is 1. The van der Waals surface area contributed by atoms with Crippen LogP contribution in [0.3, 0.4) is 0 Å². The zero-order chi connectivity index (χ0) is 22.7. The second-order valence-electron chi connectivity index (χ2n) is 7.37. The lowest BCUT2D eigenvalue weighted by Gasteiger charge is -2.17. The van der Waals surface area contributed by atoms with Crippen molar-refractivity contribution in [3.63, 3.8) is 0 Å². The average molecular weight is 513 g/mol. The number of nitrogens with one attached hydrogen (secondary N) is 1. The van der Waals surface area contributed by atoms with Crippen LogP contribution >= 0.6 is 27.3 Å². The summed E-state index contributed by atoms with van der Waals surface area (Å²) in [6.45, 7) is 0.248. The second-order valence-corrected chi connectivity index (χ2v) is 9.12. The normalized spacial score (nSPS) is 10.9. The van der Waals surface area contributed by atoms with E-state index in [9.17, 15) is 14.7 Å². The highest BCUT2D eigenvalue weighted by Gasteiger charge is 2.16. The molecule has 0 aliphatic heterocycles. The van der Waals surface area contributed by atoms with Gasteiger partial charge >= 0.3 is 0 Å². The largest absolute Gasteiger partial charge is 0.508 e. The first-order chi connectivity index (χ1) is 15.4. The third-order valence-electron chi connectivity index (χ3n) is 5.00. The molecule has 2 heterocycles. The minimum absolute atomic E-state index is 0.0528. The maximum Gasteiger partial charge on any atom is 0.239 e. The molecular weight excluding hydrogens is 492 g/mol. The van der Waals surface area contributed by atoms with E-state index in [0.29, 0.717) is 12.1 Å². The summed E-state index contributed by atoms with van der Waals surface area (Å²) in [6.07, 6.45) is 1.87. The lowest BCUT2D eigenvalue weighted by Crippen LogP contribution is -2.38. The van der Waals surface area contributed by atoms with Crippen molar-refractivity contribution < 1.29 is 14.7 Å². The molecule has 164 valence electrons. The number of benzene rings is 2. The molecule has 0 spiro atoms. The van der Waals surface area contributed by atoms with Gasteiger partial charge in [-0.25, -0.2) is 4.98 Å². The van der Waals surface area contributed by atoms with Crippen LogP contribution in [-0.4, -0.2) is 44.8 Å². The molecule has 2 aromatic carbocycles. The van der Waals surface area contributed by atoms with Gasteiger partial charge in [0, 0.05) is 16.9 Å². The molecule has 0 atom stereocenters. The molecule has 0 radical (unpaired) electrons. The van der Waals surface area contributed by atoms with Gasteiger partial charge in [0.2, 0.25) is 11.8 Å². The van der Waals surface area contributed by atoms with E-state index in [2.05, 4.69) is 26.2 Å². The number of halogens is 1. The number of hydrogen-bond acceptors (Lipinski definition) is 5. The summed E-state index contributed by atoms with van der Waals surface area (Å²) < 4.78 is 3.04. The van der Waals surface area contributed by atoms with Crippen LogP contribution in [0.4, 0.5) is 0 Å². The second kappa shape index (κ2) is 9.54. The molecule has 2 amide bonds. The minimum Gasteiger partial charge on any atom is -0.508 e. The van der Waals surface area contributed by atoms with Gasteiger partial charge in [-0.3, -0.25) is 14.0 Å². The number of hydrogen-bond donors (Lipinski definition) is 2. The van der Waals surface area contributed by atoms with Crippen LogP contribution in [-0.2, 0) is 22.6 Å². The Hall–Kier alpha value is -3.17. The smallest absolute Gasteiger partial charge is 0.239 e. The van der Waals surface area contributed by atoms with Crippen molar-refractivity contribution in [2.75, 3.05) is 13.6 Å². The van der Waals surface area contributed by atoms with Gasteiger partial charge in [-0.1, -0.05) is 40.2 Å². The molecular formula is C23H21BrN4O3S. The fourth-order valence-electron chi connectivity index (χ4n) is 3.34. The van der Waals surface area contributed by atoms with Gasteiger partial charge in [-0.2, -0.15) is 0 Å². The molecule has 4 rings (SSSR count). The molecule has 0 fully saturated rings. The first-order valence-electron chi connectivity index (χ1n) is 9.89. The molecule has 32 heavy (non-hydrogen) atoms. The third-order valence-corrected chi connectivity index (χ3v) is 6.37. The minimum atomic E-state index is -0.257. The van der Waals surface area contributed by atoms with Gasteiger partial charge < -0.3 is 15.3 Å². The Bertz CT molecular complexity index is 1270. The van der Waals surface area contributed by atoms with E-state index in [-0.39, 0.29) is 30.5 Å². The summed E-state index contributed by atoms with van der Waals surface area (Å²) in [7, 11) is 1.59. The quantitative estimate of drug-likeness (QED) is 0.393. The number of amides is 2. The number of fused-ring (bicyclic) bond motifs is 1. The van der Waals surface area contributed by atoms with Crippen LogP contribution in [0, 0.1) is 0 Å². The number of thiazole rings is 1. The summed E-state index contributed by atoms with van der Waals surface area (Å²) >= 11 is 5.00. The van der Waals surface area contributed by atoms with Crippen LogP contribution in [0.25, 0.3) is 16.2 Å². The number of carbonyl (C=O) groups excluding carboxylic acids is 2. The maximum absolute atomic E-state index is 12.4. The molecule has 0 bridgehead atoms. The van der Waals surface area contributed by atoms with E-state index in [0.717, 1.165) is 26.4 Å². The topological polar surface area (TPSA) is 86.9 Å². The Morgan fingerprint density at radius 1 is 1.22 bits per heavy atom. The molecule has 0 saturated carbocycles. The first-order valence-corrected chi connectivity index (χ1v) is 11.6. The molecule has 4 aromatic rings. The number of imidazole rings is 1.